The summed E-state index contributed by atoms with van der Waals surface area (Å²) in [5.74, 6) is 1.89. The maximum absolute atomic E-state index is 8.96. The molecule has 0 radical (unpaired) electrons. The minimum Gasteiger partial charge on any atom is -0.497 e. The van der Waals surface area contributed by atoms with E-state index in [9.17, 15) is 0 Å². The van der Waals surface area contributed by atoms with Crippen LogP contribution in [0.15, 0.2) is 48.9 Å². The Labute approximate surface area is 138 Å². The smallest absolute Gasteiger partial charge is 0.246 e. The van der Waals surface area contributed by atoms with Gasteiger partial charge >= 0.3 is 0 Å². The molecule has 0 aliphatic rings. The van der Waals surface area contributed by atoms with Crippen molar-refractivity contribution in [2.45, 2.75) is 0 Å². The second-order valence-corrected chi connectivity index (χ2v) is 4.81. The molecule has 2 N–H and O–H groups in total. The van der Waals surface area contributed by atoms with Crippen molar-refractivity contribution in [3.63, 3.8) is 0 Å². The summed E-state index contributed by atoms with van der Waals surface area (Å²) in [4.78, 5) is 12.5. The standard InChI is InChI=1S/C17H13N5O2/c1-23-13-2-4-14(5-3-13)24-17-15(19)10-21-16(22-17)12-6-11(7-18)8-20-9-12/h2-6,8-10H,19H2,1H3. The van der Waals surface area contributed by atoms with Gasteiger partial charge in [0.2, 0.25) is 5.88 Å². The summed E-state index contributed by atoms with van der Waals surface area (Å²) in [5, 5.41) is 8.96. The Morgan fingerprint density at radius 1 is 1.08 bits per heavy atom. The minimum atomic E-state index is 0.229. The fourth-order valence-corrected chi connectivity index (χ4v) is 1.98. The van der Waals surface area contributed by atoms with Crippen LogP contribution in [0, 0.1) is 11.3 Å². The average molecular weight is 319 g/mol. The van der Waals surface area contributed by atoms with Crippen molar-refractivity contribution in [3.8, 4) is 34.8 Å². The number of nitrogens with zero attached hydrogens (tertiary/aromatic N) is 4. The molecule has 0 fully saturated rings. The number of benzene rings is 1. The van der Waals surface area contributed by atoms with Crippen molar-refractivity contribution in [2.75, 3.05) is 12.8 Å². The molecule has 3 rings (SSSR count). The van der Waals surface area contributed by atoms with Crippen molar-refractivity contribution in [2.24, 2.45) is 0 Å². The summed E-state index contributed by atoms with van der Waals surface area (Å²) in [6.07, 6.45) is 4.50. The monoisotopic (exact) mass is 319 g/mol. The Morgan fingerprint density at radius 2 is 1.83 bits per heavy atom. The van der Waals surface area contributed by atoms with Crippen molar-refractivity contribution in [3.05, 3.63) is 54.5 Å². The average Bonchev–Trinajstić information content (AvgIpc) is 2.64. The number of hydrogen-bond donors (Lipinski definition) is 1. The van der Waals surface area contributed by atoms with Crippen LogP contribution < -0.4 is 15.2 Å². The van der Waals surface area contributed by atoms with E-state index in [-0.39, 0.29) is 5.88 Å². The van der Waals surface area contributed by atoms with Crippen LogP contribution in [-0.2, 0) is 0 Å². The molecule has 0 bridgehead atoms. The van der Waals surface area contributed by atoms with Crippen LogP contribution in [0.25, 0.3) is 11.4 Å². The van der Waals surface area contributed by atoms with Gasteiger partial charge in [0.15, 0.2) is 5.82 Å². The highest BCUT2D eigenvalue weighted by molar-refractivity contribution is 5.60. The van der Waals surface area contributed by atoms with Crippen molar-refractivity contribution < 1.29 is 9.47 Å². The first-order chi connectivity index (χ1) is 11.7. The minimum absolute atomic E-state index is 0.229. The molecule has 1 aromatic carbocycles. The predicted octanol–water partition coefficient (Wildman–Crippen LogP) is 2.79. The zero-order valence-corrected chi connectivity index (χ0v) is 12.8. The lowest BCUT2D eigenvalue weighted by Crippen LogP contribution is -1.99. The Kier molecular flexibility index (Phi) is 4.21. The molecule has 24 heavy (non-hydrogen) atoms. The van der Waals surface area contributed by atoms with Gasteiger partial charge in [-0.2, -0.15) is 10.2 Å². The Morgan fingerprint density at radius 3 is 2.54 bits per heavy atom. The van der Waals surface area contributed by atoms with Gasteiger partial charge in [-0.1, -0.05) is 0 Å². The SMILES string of the molecule is COc1ccc(Oc2nc(-c3cncc(C#N)c3)ncc2N)cc1. The molecule has 7 nitrogen and oxygen atoms in total. The Hall–Kier alpha value is -3.66. The molecule has 0 unspecified atom stereocenters. The van der Waals surface area contributed by atoms with Crippen LogP contribution in [0.4, 0.5) is 5.69 Å². The lowest BCUT2D eigenvalue weighted by molar-refractivity contribution is 0.412. The predicted molar refractivity (Wildman–Crippen MR) is 87.5 cm³/mol. The second kappa shape index (κ2) is 6.62. The topological polar surface area (TPSA) is 107 Å². The van der Waals surface area contributed by atoms with E-state index in [1.807, 2.05) is 6.07 Å². The molecule has 0 aliphatic heterocycles. The van der Waals surface area contributed by atoms with Crippen LogP contribution in [0.1, 0.15) is 5.56 Å². The molecule has 0 aliphatic carbocycles. The van der Waals surface area contributed by atoms with E-state index in [0.29, 0.717) is 28.4 Å². The number of rotatable bonds is 4. The first kappa shape index (κ1) is 15.2. The van der Waals surface area contributed by atoms with Gasteiger partial charge in [-0.15, -0.1) is 0 Å². The van der Waals surface area contributed by atoms with E-state index >= 15 is 0 Å². The summed E-state index contributed by atoms with van der Waals surface area (Å²) in [7, 11) is 1.59. The van der Waals surface area contributed by atoms with Gasteiger partial charge in [0.05, 0.1) is 18.9 Å². The van der Waals surface area contributed by atoms with E-state index in [1.54, 1.807) is 43.6 Å². The third-order valence-electron chi connectivity index (χ3n) is 3.18. The molecule has 0 spiro atoms. The molecule has 118 valence electrons. The van der Waals surface area contributed by atoms with Crippen LogP contribution in [0.3, 0.4) is 0 Å². The highest BCUT2D eigenvalue weighted by Crippen LogP contribution is 2.28. The number of nitriles is 1. The third-order valence-corrected chi connectivity index (χ3v) is 3.18. The molecule has 0 atom stereocenters. The lowest BCUT2D eigenvalue weighted by Gasteiger charge is -2.09. The van der Waals surface area contributed by atoms with Crippen LogP contribution in [0.2, 0.25) is 0 Å². The lowest BCUT2D eigenvalue weighted by atomic mass is 10.2. The molecule has 7 heteroatoms. The van der Waals surface area contributed by atoms with Gasteiger partial charge in [-0.05, 0) is 30.3 Å². The number of anilines is 1. The Balaban J connectivity index is 1.92. The number of nitrogens with two attached hydrogens (primary N) is 1. The number of nitrogen functional groups attached to an aromatic ring is 1. The fraction of sp³-hybridized carbons (Fsp3) is 0.0588. The van der Waals surface area contributed by atoms with E-state index in [0.717, 1.165) is 5.75 Å². The van der Waals surface area contributed by atoms with E-state index in [4.69, 9.17) is 20.5 Å². The first-order valence-corrected chi connectivity index (χ1v) is 6.99. The van der Waals surface area contributed by atoms with Crippen molar-refractivity contribution in [1.82, 2.24) is 15.0 Å². The molecule has 3 aromatic rings. The van der Waals surface area contributed by atoms with E-state index in [2.05, 4.69) is 15.0 Å². The van der Waals surface area contributed by atoms with E-state index < -0.39 is 0 Å². The van der Waals surface area contributed by atoms with Gasteiger partial charge in [0.1, 0.15) is 23.3 Å². The number of pyridine rings is 1. The number of ether oxygens (including phenoxy) is 2. The largest absolute Gasteiger partial charge is 0.497 e. The molecular weight excluding hydrogens is 306 g/mol. The van der Waals surface area contributed by atoms with Crippen LogP contribution >= 0.6 is 0 Å². The summed E-state index contributed by atoms with van der Waals surface area (Å²) >= 11 is 0. The van der Waals surface area contributed by atoms with Crippen LogP contribution in [-0.4, -0.2) is 22.1 Å². The first-order valence-electron chi connectivity index (χ1n) is 6.99. The van der Waals surface area contributed by atoms with Gasteiger partial charge in [0, 0.05) is 18.0 Å². The van der Waals surface area contributed by atoms with Gasteiger partial charge in [-0.3, -0.25) is 4.98 Å². The van der Waals surface area contributed by atoms with Gasteiger partial charge in [-0.25, -0.2) is 4.98 Å². The highest BCUT2D eigenvalue weighted by Gasteiger charge is 2.10. The van der Waals surface area contributed by atoms with Crippen molar-refractivity contribution >= 4 is 5.69 Å². The molecule has 2 heterocycles. The molecule has 2 aromatic heterocycles. The van der Waals surface area contributed by atoms with Gasteiger partial charge < -0.3 is 15.2 Å². The summed E-state index contributed by atoms with van der Waals surface area (Å²) in [6.45, 7) is 0. The van der Waals surface area contributed by atoms with Crippen molar-refractivity contribution in [1.29, 1.82) is 5.26 Å². The summed E-state index contributed by atoms with van der Waals surface area (Å²) in [5.41, 5.74) is 7.22. The zero-order valence-electron chi connectivity index (χ0n) is 12.8. The quantitative estimate of drug-likeness (QED) is 0.787. The number of aromatic nitrogens is 3. The van der Waals surface area contributed by atoms with E-state index in [1.165, 1.54) is 12.4 Å². The molecule has 0 saturated heterocycles. The van der Waals surface area contributed by atoms with Gasteiger partial charge in [0.25, 0.3) is 0 Å². The molecule has 0 saturated carbocycles. The molecular formula is C17H13N5O2. The maximum Gasteiger partial charge on any atom is 0.246 e. The molecule has 0 amide bonds. The summed E-state index contributed by atoms with van der Waals surface area (Å²) < 4.78 is 10.8. The third kappa shape index (κ3) is 3.23. The number of methoxy groups -OCH3 is 1. The number of hydrogen-bond acceptors (Lipinski definition) is 7. The highest BCUT2D eigenvalue weighted by atomic mass is 16.5. The fourth-order valence-electron chi connectivity index (χ4n) is 1.98. The summed E-state index contributed by atoms with van der Waals surface area (Å²) in [6, 6.07) is 10.7. The normalized spacial score (nSPS) is 10.0. The second-order valence-electron chi connectivity index (χ2n) is 4.81. The maximum atomic E-state index is 8.96. The Bertz CT molecular complexity index is 904. The van der Waals surface area contributed by atoms with Crippen LogP contribution in [0.5, 0.6) is 17.4 Å². The zero-order chi connectivity index (χ0) is 16.9.